The van der Waals surface area contributed by atoms with Gasteiger partial charge < -0.3 is 9.88 Å². The van der Waals surface area contributed by atoms with Gasteiger partial charge >= 0.3 is 0 Å². The Hall–Kier alpha value is -3.40. The summed E-state index contributed by atoms with van der Waals surface area (Å²) in [4.78, 5) is 37.2. The van der Waals surface area contributed by atoms with Crippen molar-refractivity contribution < 1.29 is 13.8 Å². The van der Waals surface area contributed by atoms with Crippen LogP contribution in [0.2, 0.25) is 0 Å². The van der Waals surface area contributed by atoms with Crippen LogP contribution in [-0.4, -0.2) is 49.1 Å². The lowest BCUT2D eigenvalue weighted by Gasteiger charge is -2.29. The van der Waals surface area contributed by atoms with Gasteiger partial charge in [-0.05, 0) is 37.4 Å². The quantitative estimate of drug-likeness (QED) is 0.665. The molecule has 2 aliphatic heterocycles. The monoisotopic (exact) mass is 438 g/mol. The fourth-order valence-electron chi connectivity index (χ4n) is 4.53. The first-order valence-corrected chi connectivity index (χ1v) is 10.7. The van der Waals surface area contributed by atoms with E-state index in [4.69, 9.17) is 4.98 Å². The van der Waals surface area contributed by atoms with Crippen molar-refractivity contribution in [2.75, 3.05) is 13.1 Å². The molecule has 0 bridgehead atoms. The maximum Gasteiger partial charge on any atom is 0.278 e. The number of nitrogens with zero attached hydrogens (tertiary/aromatic N) is 5. The van der Waals surface area contributed by atoms with Gasteiger partial charge in [-0.15, -0.1) is 0 Å². The number of halogens is 1. The zero-order valence-electron chi connectivity index (χ0n) is 17.7. The Bertz CT molecular complexity index is 1220. The van der Waals surface area contributed by atoms with E-state index >= 15 is 0 Å². The van der Waals surface area contributed by atoms with Crippen LogP contribution in [0, 0.1) is 12.7 Å². The molecule has 0 radical (unpaired) electrons. The third kappa shape index (κ3) is 3.70. The maximum absolute atomic E-state index is 14.1. The molecule has 4 heterocycles. The number of aryl methyl sites for hydroxylation is 1. The SMILES string of the molecule is Cc1nonc1C(=O)N1CCCC1c1nc2c(c(=O)[nH]1)CCN(Cc1ccccc1F)C2. The van der Waals surface area contributed by atoms with E-state index in [0.717, 1.165) is 6.42 Å². The van der Waals surface area contributed by atoms with E-state index < -0.39 is 0 Å². The van der Waals surface area contributed by atoms with E-state index in [1.54, 1.807) is 24.0 Å². The Balaban J connectivity index is 1.40. The minimum atomic E-state index is -0.349. The van der Waals surface area contributed by atoms with Crippen LogP contribution in [0.25, 0.3) is 0 Å². The first-order valence-electron chi connectivity index (χ1n) is 10.7. The number of rotatable bonds is 4. The van der Waals surface area contributed by atoms with Crippen LogP contribution in [0.3, 0.4) is 0 Å². The molecule has 0 spiro atoms. The summed E-state index contributed by atoms with van der Waals surface area (Å²) in [6.45, 7) is 3.75. The largest absolute Gasteiger partial charge is 0.327 e. The molecule has 9 nitrogen and oxygen atoms in total. The van der Waals surface area contributed by atoms with Crippen molar-refractivity contribution in [3.05, 3.63) is 74.5 Å². The van der Waals surface area contributed by atoms with Gasteiger partial charge in [-0.25, -0.2) is 14.0 Å². The Morgan fingerprint density at radius 2 is 2.12 bits per heavy atom. The van der Waals surface area contributed by atoms with E-state index in [1.165, 1.54) is 6.07 Å². The number of H-pyrrole nitrogens is 1. The van der Waals surface area contributed by atoms with Gasteiger partial charge in [0.05, 0.1) is 11.7 Å². The summed E-state index contributed by atoms with van der Waals surface area (Å²) in [6.07, 6.45) is 2.03. The highest BCUT2D eigenvalue weighted by Gasteiger charge is 2.35. The highest BCUT2D eigenvalue weighted by molar-refractivity contribution is 5.93. The number of carbonyl (C=O) groups excluding carboxylic acids is 1. The zero-order chi connectivity index (χ0) is 22.2. The van der Waals surface area contributed by atoms with Gasteiger partial charge in [0.2, 0.25) is 0 Å². The summed E-state index contributed by atoms with van der Waals surface area (Å²) in [6, 6.07) is 6.35. The lowest BCUT2D eigenvalue weighted by molar-refractivity contribution is 0.0717. The molecule has 1 unspecified atom stereocenters. The highest BCUT2D eigenvalue weighted by atomic mass is 19.1. The smallest absolute Gasteiger partial charge is 0.278 e. The van der Waals surface area contributed by atoms with Crippen molar-refractivity contribution in [1.82, 2.24) is 30.1 Å². The van der Waals surface area contributed by atoms with Crippen molar-refractivity contribution in [1.29, 1.82) is 0 Å². The second kappa shape index (κ2) is 8.27. The number of hydrogen-bond acceptors (Lipinski definition) is 7. The van der Waals surface area contributed by atoms with Gasteiger partial charge in [0.15, 0.2) is 5.69 Å². The van der Waals surface area contributed by atoms with Gasteiger partial charge in [-0.1, -0.05) is 23.4 Å². The summed E-state index contributed by atoms with van der Waals surface area (Å²) in [5.41, 5.74) is 2.39. The van der Waals surface area contributed by atoms with Crippen LogP contribution in [0.4, 0.5) is 4.39 Å². The maximum atomic E-state index is 14.1. The van der Waals surface area contributed by atoms with Crippen LogP contribution in [-0.2, 0) is 19.5 Å². The van der Waals surface area contributed by atoms with Crippen molar-refractivity contribution >= 4 is 5.91 Å². The number of amides is 1. The Morgan fingerprint density at radius 3 is 2.91 bits per heavy atom. The molecule has 1 aromatic carbocycles. The van der Waals surface area contributed by atoms with E-state index in [2.05, 4.69) is 24.8 Å². The third-order valence-electron chi connectivity index (χ3n) is 6.21. The second-order valence-corrected chi connectivity index (χ2v) is 8.28. The number of likely N-dealkylation sites (tertiary alicyclic amines) is 1. The molecule has 0 saturated carbocycles. The number of aromatic nitrogens is 4. The first kappa shape index (κ1) is 20.5. The number of carbonyl (C=O) groups is 1. The van der Waals surface area contributed by atoms with E-state index in [0.29, 0.717) is 67.4 Å². The number of fused-ring (bicyclic) bond motifs is 1. The number of hydrogen-bond donors (Lipinski definition) is 1. The lowest BCUT2D eigenvalue weighted by atomic mass is 10.0. The molecule has 2 aromatic heterocycles. The molecule has 32 heavy (non-hydrogen) atoms. The average molecular weight is 438 g/mol. The number of benzene rings is 1. The Morgan fingerprint density at radius 1 is 1.28 bits per heavy atom. The fourth-order valence-corrected chi connectivity index (χ4v) is 4.53. The van der Waals surface area contributed by atoms with Crippen LogP contribution in [0.1, 0.15) is 57.7 Å². The molecule has 1 amide bonds. The molecule has 0 aliphatic carbocycles. The van der Waals surface area contributed by atoms with Gasteiger partial charge in [-0.2, -0.15) is 0 Å². The summed E-state index contributed by atoms with van der Waals surface area (Å²) in [7, 11) is 0. The molecule has 2 aliphatic rings. The van der Waals surface area contributed by atoms with Crippen LogP contribution in [0.5, 0.6) is 0 Å². The predicted octanol–water partition coefficient (Wildman–Crippen LogP) is 2.14. The van der Waals surface area contributed by atoms with Gasteiger partial charge in [0, 0.05) is 37.3 Å². The molecular formula is C22H23FN6O3. The molecule has 166 valence electrons. The van der Waals surface area contributed by atoms with Crippen molar-refractivity contribution in [3.63, 3.8) is 0 Å². The standard InChI is InChI=1S/C22H23FN6O3/c1-13-19(27-32-26-13)22(31)29-9-4-7-18(29)20-24-17-12-28(10-8-15(17)21(30)25-20)11-14-5-2-3-6-16(14)23/h2-3,5-6,18H,4,7-12H2,1H3,(H,24,25,30). The second-order valence-electron chi connectivity index (χ2n) is 8.28. The van der Waals surface area contributed by atoms with Gasteiger partial charge in [0.1, 0.15) is 17.3 Å². The molecule has 10 heteroatoms. The van der Waals surface area contributed by atoms with Crippen LogP contribution in [0.15, 0.2) is 33.7 Å². The van der Waals surface area contributed by atoms with Crippen molar-refractivity contribution in [2.24, 2.45) is 0 Å². The van der Waals surface area contributed by atoms with E-state index in [9.17, 15) is 14.0 Å². The number of aromatic amines is 1. The summed E-state index contributed by atoms with van der Waals surface area (Å²) >= 11 is 0. The molecule has 1 fully saturated rings. The predicted molar refractivity (Wildman–Crippen MR) is 111 cm³/mol. The summed E-state index contributed by atoms with van der Waals surface area (Å²) in [5, 5.41) is 7.41. The van der Waals surface area contributed by atoms with E-state index in [1.807, 2.05) is 6.07 Å². The minimum Gasteiger partial charge on any atom is -0.327 e. The molecule has 1 saturated heterocycles. The molecular weight excluding hydrogens is 415 g/mol. The summed E-state index contributed by atoms with van der Waals surface area (Å²) < 4.78 is 18.8. The first-order chi connectivity index (χ1) is 15.5. The average Bonchev–Trinajstić information content (AvgIpc) is 3.44. The van der Waals surface area contributed by atoms with E-state index in [-0.39, 0.29) is 29.0 Å². The van der Waals surface area contributed by atoms with Crippen molar-refractivity contribution in [2.45, 2.75) is 45.3 Å². The Kier molecular flexibility index (Phi) is 5.30. The van der Waals surface area contributed by atoms with Gasteiger partial charge in [-0.3, -0.25) is 14.5 Å². The lowest BCUT2D eigenvalue weighted by Crippen LogP contribution is -2.37. The third-order valence-corrected chi connectivity index (χ3v) is 6.21. The van der Waals surface area contributed by atoms with Gasteiger partial charge in [0.25, 0.3) is 11.5 Å². The van der Waals surface area contributed by atoms with Crippen LogP contribution >= 0.6 is 0 Å². The zero-order valence-corrected chi connectivity index (χ0v) is 17.7. The van der Waals surface area contributed by atoms with Crippen molar-refractivity contribution in [3.8, 4) is 0 Å². The normalized spacial score (nSPS) is 18.7. The summed E-state index contributed by atoms with van der Waals surface area (Å²) in [5.74, 6) is -0.0511. The molecule has 1 atom stereocenters. The highest BCUT2D eigenvalue weighted by Crippen LogP contribution is 2.31. The molecule has 5 rings (SSSR count). The molecule has 1 N–H and O–H groups in total. The molecule has 3 aromatic rings. The minimum absolute atomic E-state index is 0.172. The van der Waals surface area contributed by atoms with Crippen LogP contribution < -0.4 is 5.56 Å². The topological polar surface area (TPSA) is 108 Å². The number of nitrogens with one attached hydrogen (secondary N) is 1. The fraction of sp³-hybridized carbons (Fsp3) is 0.409. The Labute approximate surface area is 183 Å².